The molecule has 0 spiro atoms. The van der Waals surface area contributed by atoms with E-state index in [-0.39, 0.29) is 0 Å². The number of hydrogen-bond donors (Lipinski definition) is 2. The summed E-state index contributed by atoms with van der Waals surface area (Å²) in [5.41, 5.74) is 2.68. The fraction of sp³-hybridized carbons (Fsp3) is 0.250. The van der Waals surface area contributed by atoms with Crippen molar-refractivity contribution >= 4 is 5.96 Å². The molecule has 0 bridgehead atoms. The van der Waals surface area contributed by atoms with E-state index < -0.39 is 0 Å². The summed E-state index contributed by atoms with van der Waals surface area (Å²) in [4.78, 5) is 4.21. The third-order valence-corrected chi connectivity index (χ3v) is 3.77. The van der Waals surface area contributed by atoms with Gasteiger partial charge in [-0.25, -0.2) is 0 Å². The van der Waals surface area contributed by atoms with Gasteiger partial charge < -0.3 is 10.6 Å². The summed E-state index contributed by atoms with van der Waals surface area (Å²) in [5, 5.41) is 6.56. The SMILES string of the molecule is C=CCNC(=NC)NCCC(c1ccccc1)c1ccccc1. The van der Waals surface area contributed by atoms with Gasteiger partial charge in [0.25, 0.3) is 0 Å². The fourth-order valence-electron chi connectivity index (χ4n) is 2.62. The van der Waals surface area contributed by atoms with Crippen molar-refractivity contribution in [2.45, 2.75) is 12.3 Å². The summed E-state index contributed by atoms with van der Waals surface area (Å²) in [6, 6.07) is 21.3. The Bertz CT molecular complexity index is 566. The summed E-state index contributed by atoms with van der Waals surface area (Å²) < 4.78 is 0. The Morgan fingerprint density at radius 2 is 1.57 bits per heavy atom. The molecular weight excluding hydrogens is 282 g/mol. The first-order valence-corrected chi connectivity index (χ1v) is 8.00. The monoisotopic (exact) mass is 307 g/mol. The van der Waals surface area contributed by atoms with Gasteiger partial charge in [0.1, 0.15) is 0 Å². The lowest BCUT2D eigenvalue weighted by Crippen LogP contribution is -2.38. The third kappa shape index (κ3) is 5.29. The molecule has 2 N–H and O–H groups in total. The van der Waals surface area contributed by atoms with Crippen LogP contribution in [0.3, 0.4) is 0 Å². The molecule has 0 atom stereocenters. The molecule has 3 nitrogen and oxygen atoms in total. The Labute approximate surface area is 139 Å². The van der Waals surface area contributed by atoms with Gasteiger partial charge in [-0.15, -0.1) is 6.58 Å². The minimum atomic E-state index is 0.377. The van der Waals surface area contributed by atoms with E-state index in [0.717, 1.165) is 18.9 Å². The van der Waals surface area contributed by atoms with Gasteiger partial charge in [-0.05, 0) is 17.5 Å². The lowest BCUT2D eigenvalue weighted by Gasteiger charge is -2.19. The summed E-state index contributed by atoms with van der Waals surface area (Å²) in [6.45, 7) is 5.27. The molecule has 2 aromatic rings. The Balaban J connectivity index is 2.03. The highest BCUT2D eigenvalue weighted by Gasteiger charge is 2.13. The van der Waals surface area contributed by atoms with Crippen LogP contribution in [0.15, 0.2) is 78.3 Å². The summed E-state index contributed by atoms with van der Waals surface area (Å²) in [7, 11) is 1.78. The minimum absolute atomic E-state index is 0.377. The highest BCUT2D eigenvalue weighted by Crippen LogP contribution is 2.27. The van der Waals surface area contributed by atoms with E-state index in [4.69, 9.17) is 0 Å². The van der Waals surface area contributed by atoms with E-state index in [1.54, 1.807) is 7.05 Å². The Kier molecular flexibility index (Phi) is 6.92. The first-order chi connectivity index (χ1) is 11.3. The lowest BCUT2D eigenvalue weighted by atomic mass is 9.88. The van der Waals surface area contributed by atoms with Crippen LogP contribution in [0.25, 0.3) is 0 Å². The zero-order chi connectivity index (χ0) is 16.3. The molecule has 2 aromatic carbocycles. The van der Waals surface area contributed by atoms with Crippen molar-refractivity contribution < 1.29 is 0 Å². The molecule has 0 radical (unpaired) electrons. The minimum Gasteiger partial charge on any atom is -0.356 e. The molecule has 120 valence electrons. The van der Waals surface area contributed by atoms with Crippen LogP contribution in [0.5, 0.6) is 0 Å². The lowest BCUT2D eigenvalue weighted by molar-refractivity contribution is 0.682. The van der Waals surface area contributed by atoms with Crippen LogP contribution in [0.1, 0.15) is 23.5 Å². The normalized spacial score (nSPS) is 11.3. The van der Waals surface area contributed by atoms with Crippen LogP contribution in [0.2, 0.25) is 0 Å². The number of hydrogen-bond acceptors (Lipinski definition) is 1. The molecule has 0 aromatic heterocycles. The van der Waals surface area contributed by atoms with E-state index in [1.807, 2.05) is 6.08 Å². The molecule has 3 heteroatoms. The molecule has 0 fully saturated rings. The molecular formula is C20H25N3. The van der Waals surface area contributed by atoms with E-state index in [0.29, 0.717) is 12.5 Å². The number of nitrogens with zero attached hydrogens (tertiary/aromatic N) is 1. The van der Waals surface area contributed by atoms with Gasteiger partial charge >= 0.3 is 0 Å². The Morgan fingerprint density at radius 1 is 1.00 bits per heavy atom. The van der Waals surface area contributed by atoms with Gasteiger partial charge in [-0.3, -0.25) is 4.99 Å². The predicted octanol–water partition coefficient (Wildman–Crippen LogP) is 3.56. The van der Waals surface area contributed by atoms with Crippen LogP contribution < -0.4 is 10.6 Å². The van der Waals surface area contributed by atoms with Gasteiger partial charge in [-0.1, -0.05) is 66.7 Å². The Hall–Kier alpha value is -2.55. The first-order valence-electron chi connectivity index (χ1n) is 8.00. The van der Waals surface area contributed by atoms with E-state index in [9.17, 15) is 0 Å². The number of rotatable bonds is 7. The van der Waals surface area contributed by atoms with Crippen molar-refractivity contribution in [3.63, 3.8) is 0 Å². The maximum atomic E-state index is 4.21. The standard InChI is InChI=1S/C20H25N3/c1-3-15-22-20(21-2)23-16-14-19(17-10-6-4-7-11-17)18-12-8-5-9-13-18/h3-13,19H,1,14-16H2,2H3,(H2,21,22,23). The topological polar surface area (TPSA) is 36.4 Å². The second kappa shape index (κ2) is 9.46. The molecule has 0 unspecified atom stereocenters. The highest BCUT2D eigenvalue weighted by atomic mass is 15.2. The largest absolute Gasteiger partial charge is 0.356 e. The predicted molar refractivity (Wildman–Crippen MR) is 98.9 cm³/mol. The maximum Gasteiger partial charge on any atom is 0.191 e. The van der Waals surface area contributed by atoms with E-state index >= 15 is 0 Å². The second-order valence-electron chi connectivity index (χ2n) is 5.33. The molecule has 0 aliphatic carbocycles. The van der Waals surface area contributed by atoms with Crippen molar-refractivity contribution in [2.75, 3.05) is 20.1 Å². The van der Waals surface area contributed by atoms with Crippen LogP contribution in [-0.2, 0) is 0 Å². The van der Waals surface area contributed by atoms with Crippen LogP contribution in [0.4, 0.5) is 0 Å². The Morgan fingerprint density at radius 3 is 2.04 bits per heavy atom. The number of aliphatic imine (C=N–C) groups is 1. The highest BCUT2D eigenvalue weighted by molar-refractivity contribution is 5.79. The summed E-state index contributed by atoms with van der Waals surface area (Å²) in [6.07, 6.45) is 2.83. The van der Waals surface area contributed by atoms with Crippen LogP contribution in [-0.4, -0.2) is 26.1 Å². The first kappa shape index (κ1) is 16.8. The average molecular weight is 307 g/mol. The van der Waals surface area contributed by atoms with Crippen LogP contribution >= 0.6 is 0 Å². The maximum absolute atomic E-state index is 4.21. The van der Waals surface area contributed by atoms with E-state index in [1.165, 1.54) is 11.1 Å². The van der Waals surface area contributed by atoms with Crippen molar-refractivity contribution in [1.29, 1.82) is 0 Å². The molecule has 0 heterocycles. The average Bonchev–Trinajstić information content (AvgIpc) is 2.63. The van der Waals surface area contributed by atoms with E-state index in [2.05, 4.69) is 82.9 Å². The molecule has 0 amide bonds. The number of benzene rings is 2. The molecule has 0 saturated heterocycles. The molecule has 0 aliphatic rings. The van der Waals surface area contributed by atoms with Crippen molar-refractivity contribution in [3.05, 3.63) is 84.4 Å². The molecule has 0 aliphatic heterocycles. The van der Waals surface area contributed by atoms with Crippen molar-refractivity contribution in [2.24, 2.45) is 4.99 Å². The number of guanidine groups is 1. The number of nitrogens with one attached hydrogen (secondary N) is 2. The van der Waals surface area contributed by atoms with Gasteiger partial charge in [-0.2, -0.15) is 0 Å². The van der Waals surface area contributed by atoms with Gasteiger partial charge in [0, 0.05) is 26.1 Å². The van der Waals surface area contributed by atoms with Gasteiger partial charge in [0.05, 0.1) is 0 Å². The smallest absolute Gasteiger partial charge is 0.191 e. The van der Waals surface area contributed by atoms with Gasteiger partial charge in [0.2, 0.25) is 0 Å². The summed E-state index contributed by atoms with van der Waals surface area (Å²) >= 11 is 0. The molecule has 2 rings (SSSR count). The summed E-state index contributed by atoms with van der Waals surface area (Å²) in [5.74, 6) is 1.19. The fourth-order valence-corrected chi connectivity index (χ4v) is 2.62. The van der Waals surface area contributed by atoms with Crippen LogP contribution in [0, 0.1) is 0 Å². The second-order valence-corrected chi connectivity index (χ2v) is 5.33. The molecule has 23 heavy (non-hydrogen) atoms. The van der Waals surface area contributed by atoms with Crippen molar-refractivity contribution in [3.8, 4) is 0 Å². The quantitative estimate of drug-likeness (QED) is 0.466. The molecule has 0 saturated carbocycles. The van der Waals surface area contributed by atoms with Crippen molar-refractivity contribution in [1.82, 2.24) is 10.6 Å². The van der Waals surface area contributed by atoms with Gasteiger partial charge in [0.15, 0.2) is 5.96 Å². The zero-order valence-electron chi connectivity index (χ0n) is 13.7. The zero-order valence-corrected chi connectivity index (χ0v) is 13.7. The third-order valence-electron chi connectivity index (χ3n) is 3.77.